The Bertz CT molecular complexity index is 1430. The molecule has 0 spiro atoms. The van der Waals surface area contributed by atoms with E-state index in [1.165, 1.54) is 22.9 Å². The summed E-state index contributed by atoms with van der Waals surface area (Å²) in [5.41, 5.74) is 13.5. The lowest BCUT2D eigenvalue weighted by Gasteiger charge is -2.12. The number of aromatic nitrogens is 4. The van der Waals surface area contributed by atoms with E-state index in [9.17, 15) is 9.59 Å². The third-order valence-corrected chi connectivity index (χ3v) is 7.09. The molecule has 0 saturated heterocycles. The van der Waals surface area contributed by atoms with Crippen molar-refractivity contribution in [2.24, 2.45) is 5.73 Å². The van der Waals surface area contributed by atoms with Crippen LogP contribution in [-0.4, -0.2) is 36.8 Å². The first-order valence-electron chi connectivity index (χ1n) is 11.4. The monoisotopic (exact) mass is 487 g/mol. The van der Waals surface area contributed by atoms with Crippen LogP contribution < -0.4 is 5.73 Å². The van der Waals surface area contributed by atoms with Crippen LogP contribution >= 0.6 is 11.8 Å². The summed E-state index contributed by atoms with van der Waals surface area (Å²) in [6.07, 6.45) is 0. The van der Waals surface area contributed by atoms with Crippen LogP contribution in [0.15, 0.2) is 53.7 Å². The quantitative estimate of drug-likeness (QED) is 0.286. The molecule has 0 saturated carbocycles. The highest BCUT2D eigenvalue weighted by Crippen LogP contribution is 2.27. The number of carbonyl (C=O) groups excluding carboxylic acids is 2. The van der Waals surface area contributed by atoms with Crippen LogP contribution in [0.4, 0.5) is 0 Å². The molecule has 35 heavy (non-hydrogen) atoms. The van der Waals surface area contributed by atoms with E-state index in [0.29, 0.717) is 16.5 Å². The number of Topliss-reactive ketones (excluding diaryl/α,β-unsaturated/α-hetero) is 1. The molecule has 0 bridgehead atoms. The van der Waals surface area contributed by atoms with Gasteiger partial charge in [0.25, 0.3) is 0 Å². The Kier molecular flexibility index (Phi) is 6.93. The van der Waals surface area contributed by atoms with Crippen LogP contribution in [0.25, 0.3) is 17.1 Å². The zero-order chi connectivity index (χ0) is 25.3. The van der Waals surface area contributed by atoms with Crippen LogP contribution in [-0.2, 0) is 11.3 Å². The first-order valence-corrected chi connectivity index (χ1v) is 12.4. The fourth-order valence-electron chi connectivity index (χ4n) is 4.21. The van der Waals surface area contributed by atoms with Crippen LogP contribution in [0.5, 0.6) is 0 Å². The summed E-state index contributed by atoms with van der Waals surface area (Å²) in [5.74, 6) is 0.213. The molecule has 0 radical (unpaired) electrons. The van der Waals surface area contributed by atoms with Crippen molar-refractivity contribution in [1.82, 2.24) is 19.3 Å². The number of aryl methyl sites for hydroxylation is 4. The van der Waals surface area contributed by atoms with Gasteiger partial charge in [0.1, 0.15) is 6.54 Å². The third kappa shape index (κ3) is 5.07. The molecule has 0 aliphatic carbocycles. The number of nitrogens with two attached hydrogens (primary N) is 1. The first kappa shape index (κ1) is 24.5. The van der Waals surface area contributed by atoms with Crippen molar-refractivity contribution in [3.63, 3.8) is 0 Å². The van der Waals surface area contributed by atoms with Gasteiger partial charge in [0.15, 0.2) is 16.8 Å². The Labute approximate surface area is 209 Å². The lowest BCUT2D eigenvalue weighted by molar-refractivity contribution is -0.118. The van der Waals surface area contributed by atoms with E-state index in [-0.39, 0.29) is 18.1 Å². The largest absolute Gasteiger partial charge is 0.368 e. The smallest absolute Gasteiger partial charge is 0.237 e. The van der Waals surface area contributed by atoms with Crippen LogP contribution in [0.2, 0.25) is 0 Å². The molecule has 7 nitrogen and oxygen atoms in total. The van der Waals surface area contributed by atoms with Crippen molar-refractivity contribution < 1.29 is 9.59 Å². The zero-order valence-corrected chi connectivity index (χ0v) is 21.4. The van der Waals surface area contributed by atoms with Crippen LogP contribution in [0, 0.1) is 34.6 Å². The molecule has 4 aromatic rings. The van der Waals surface area contributed by atoms with E-state index in [1.54, 1.807) is 4.57 Å². The molecule has 2 aromatic carbocycles. The maximum atomic E-state index is 13.2. The fourth-order valence-corrected chi connectivity index (χ4v) is 5.03. The molecule has 8 heteroatoms. The SMILES string of the molecule is Cc1cccc(-c2nnc(SCC(=O)c3cc(C)n(-c4ccc(C)c(C)c4)c3C)n2CC(N)=O)c1. The Hall–Kier alpha value is -3.65. The molecule has 0 aliphatic heterocycles. The number of nitrogens with zero attached hydrogens (tertiary/aromatic N) is 4. The lowest BCUT2D eigenvalue weighted by Crippen LogP contribution is -2.20. The van der Waals surface area contributed by atoms with Crippen molar-refractivity contribution in [3.8, 4) is 17.1 Å². The topological polar surface area (TPSA) is 95.8 Å². The maximum Gasteiger partial charge on any atom is 0.237 e. The first-order chi connectivity index (χ1) is 16.7. The fraction of sp³-hybridized carbons (Fsp3) is 0.259. The summed E-state index contributed by atoms with van der Waals surface area (Å²) in [7, 11) is 0. The minimum atomic E-state index is -0.496. The number of thioether (sulfide) groups is 1. The lowest BCUT2D eigenvalue weighted by atomic mass is 10.1. The van der Waals surface area contributed by atoms with E-state index in [2.05, 4.69) is 46.8 Å². The van der Waals surface area contributed by atoms with E-state index in [0.717, 1.165) is 28.2 Å². The number of primary amides is 1. The molecule has 0 unspecified atom stereocenters. The van der Waals surface area contributed by atoms with Gasteiger partial charge in [0.2, 0.25) is 5.91 Å². The highest BCUT2D eigenvalue weighted by Gasteiger charge is 2.21. The van der Waals surface area contributed by atoms with Crippen LogP contribution in [0.3, 0.4) is 0 Å². The standard InChI is InChI=1S/C27H29N5O2S/c1-16-7-6-8-21(11-16)26-29-30-27(31(26)14-25(28)34)35-15-24(33)23-13-19(4)32(20(23)5)22-10-9-17(2)18(3)12-22/h6-13H,14-15H2,1-5H3,(H2,28,34). The number of hydrogen-bond acceptors (Lipinski definition) is 5. The van der Waals surface area contributed by atoms with Crippen LogP contribution in [0.1, 0.15) is 38.4 Å². The minimum absolute atomic E-state index is 0.0103. The molecule has 2 N–H and O–H groups in total. The van der Waals surface area contributed by atoms with Gasteiger partial charge >= 0.3 is 0 Å². The summed E-state index contributed by atoms with van der Waals surface area (Å²) in [4.78, 5) is 25.0. The third-order valence-electron chi connectivity index (χ3n) is 6.12. The molecule has 0 fully saturated rings. The molecule has 180 valence electrons. The Balaban J connectivity index is 1.59. The Morgan fingerprint density at radius 1 is 0.943 bits per heavy atom. The van der Waals surface area contributed by atoms with Crippen molar-refractivity contribution >= 4 is 23.5 Å². The summed E-state index contributed by atoms with van der Waals surface area (Å²) in [5, 5.41) is 9.04. The van der Waals surface area contributed by atoms with E-state index >= 15 is 0 Å². The summed E-state index contributed by atoms with van der Waals surface area (Å²) >= 11 is 1.26. The molecule has 1 amide bonds. The van der Waals surface area contributed by atoms with Gasteiger partial charge < -0.3 is 10.3 Å². The number of amides is 1. The molecule has 4 rings (SSSR count). The molecule has 2 aromatic heterocycles. The predicted molar refractivity (Wildman–Crippen MR) is 139 cm³/mol. The second kappa shape index (κ2) is 9.92. The van der Waals surface area contributed by atoms with Crippen molar-refractivity contribution in [1.29, 1.82) is 0 Å². The molecular weight excluding hydrogens is 458 g/mol. The predicted octanol–water partition coefficient (Wildman–Crippen LogP) is 4.74. The Morgan fingerprint density at radius 2 is 1.71 bits per heavy atom. The van der Waals surface area contributed by atoms with E-state index in [4.69, 9.17) is 5.73 Å². The second-order valence-electron chi connectivity index (χ2n) is 8.83. The average molecular weight is 488 g/mol. The van der Waals surface area contributed by atoms with Gasteiger partial charge in [0.05, 0.1) is 5.75 Å². The minimum Gasteiger partial charge on any atom is -0.368 e. The second-order valence-corrected chi connectivity index (χ2v) is 9.77. The summed E-state index contributed by atoms with van der Waals surface area (Å²) in [6.45, 7) is 10.1. The maximum absolute atomic E-state index is 13.2. The molecule has 0 aliphatic rings. The molecular formula is C27H29N5O2S. The van der Waals surface area contributed by atoms with E-state index < -0.39 is 5.91 Å². The van der Waals surface area contributed by atoms with Gasteiger partial charge in [0, 0.05) is 28.2 Å². The summed E-state index contributed by atoms with van der Waals surface area (Å²) in [6, 6.07) is 16.0. The number of benzene rings is 2. The number of hydrogen-bond donors (Lipinski definition) is 1. The highest BCUT2D eigenvalue weighted by molar-refractivity contribution is 7.99. The zero-order valence-electron chi connectivity index (χ0n) is 20.6. The van der Waals surface area contributed by atoms with Gasteiger partial charge in [-0.2, -0.15) is 0 Å². The normalized spacial score (nSPS) is 11.1. The van der Waals surface area contributed by atoms with Gasteiger partial charge in [-0.05, 0) is 70.0 Å². The Morgan fingerprint density at radius 3 is 2.40 bits per heavy atom. The molecule has 0 atom stereocenters. The highest BCUT2D eigenvalue weighted by atomic mass is 32.2. The number of carbonyl (C=O) groups is 2. The van der Waals surface area contributed by atoms with Crippen molar-refractivity contribution in [2.75, 3.05) is 5.75 Å². The number of ketones is 1. The van der Waals surface area contributed by atoms with Crippen molar-refractivity contribution in [3.05, 3.63) is 82.2 Å². The van der Waals surface area contributed by atoms with Gasteiger partial charge in [-0.1, -0.05) is 41.6 Å². The average Bonchev–Trinajstić information content (AvgIpc) is 3.33. The van der Waals surface area contributed by atoms with Gasteiger partial charge in [-0.25, -0.2) is 0 Å². The molecule has 2 heterocycles. The van der Waals surface area contributed by atoms with Gasteiger partial charge in [-0.3, -0.25) is 14.2 Å². The summed E-state index contributed by atoms with van der Waals surface area (Å²) < 4.78 is 3.78. The van der Waals surface area contributed by atoms with Gasteiger partial charge in [-0.15, -0.1) is 10.2 Å². The number of rotatable bonds is 8. The van der Waals surface area contributed by atoms with Crippen molar-refractivity contribution in [2.45, 2.75) is 46.3 Å². The van der Waals surface area contributed by atoms with E-state index in [1.807, 2.05) is 51.1 Å².